The second-order valence-electron chi connectivity index (χ2n) is 7.92. The fraction of sp³-hybridized carbons (Fsp3) is 0.875. The minimum atomic E-state index is -0.269. The van der Waals surface area contributed by atoms with E-state index in [1.54, 1.807) is 0 Å². The molecule has 0 spiro atoms. The van der Waals surface area contributed by atoms with Crippen LogP contribution in [0.1, 0.15) is 58.8 Å². The fourth-order valence-corrected chi connectivity index (χ4v) is 6.24. The van der Waals surface area contributed by atoms with Crippen LogP contribution < -0.4 is 0 Å². The Bertz CT molecular complexity index is 359. The van der Waals surface area contributed by atoms with Crippen LogP contribution in [0.2, 0.25) is 0 Å². The molecular formula is C16H24O. The average molecular weight is 232 g/mol. The molecule has 4 rings (SSSR count). The van der Waals surface area contributed by atoms with Gasteiger partial charge in [-0.3, -0.25) is 0 Å². The van der Waals surface area contributed by atoms with Crippen molar-refractivity contribution in [1.82, 2.24) is 0 Å². The molecule has 0 aromatic rings. The standard InChI is InChI=1S/C16H24O/c1-4-5-13(17)16-8-12-6-14(2,10-16)9-15(3,7-12)11-16/h1,12-13,17H,5-11H2,2-3H3. The van der Waals surface area contributed by atoms with E-state index in [1.807, 2.05) is 0 Å². The van der Waals surface area contributed by atoms with Gasteiger partial charge in [0.1, 0.15) is 0 Å². The molecule has 4 aliphatic carbocycles. The first kappa shape index (κ1) is 11.6. The summed E-state index contributed by atoms with van der Waals surface area (Å²) in [6, 6.07) is 0. The Kier molecular flexibility index (Phi) is 2.25. The molecule has 1 nitrogen and oxygen atoms in total. The highest BCUT2D eigenvalue weighted by atomic mass is 16.3. The van der Waals surface area contributed by atoms with Crippen molar-refractivity contribution >= 4 is 0 Å². The average Bonchev–Trinajstić information content (AvgIpc) is 2.11. The zero-order chi connectivity index (χ0) is 12.3. The second-order valence-corrected chi connectivity index (χ2v) is 7.92. The molecule has 1 N–H and O–H groups in total. The van der Waals surface area contributed by atoms with E-state index in [2.05, 4.69) is 19.8 Å². The van der Waals surface area contributed by atoms with Gasteiger partial charge in [-0.15, -0.1) is 12.3 Å². The Balaban J connectivity index is 1.95. The van der Waals surface area contributed by atoms with Gasteiger partial charge in [0, 0.05) is 6.42 Å². The maximum atomic E-state index is 10.5. The Morgan fingerprint density at radius 1 is 1.18 bits per heavy atom. The molecule has 3 atom stereocenters. The molecule has 4 fully saturated rings. The molecule has 0 aromatic heterocycles. The van der Waals surface area contributed by atoms with E-state index < -0.39 is 0 Å². The normalized spacial score (nSPS) is 53.4. The van der Waals surface area contributed by atoms with Crippen molar-refractivity contribution in [3.05, 3.63) is 0 Å². The Labute approximate surface area is 105 Å². The lowest BCUT2D eigenvalue weighted by molar-refractivity contribution is -0.184. The Hall–Kier alpha value is -0.480. The van der Waals surface area contributed by atoms with Gasteiger partial charge in [0.25, 0.3) is 0 Å². The maximum Gasteiger partial charge on any atom is 0.0705 e. The van der Waals surface area contributed by atoms with Crippen molar-refractivity contribution in [1.29, 1.82) is 0 Å². The van der Waals surface area contributed by atoms with Crippen LogP contribution in [0.3, 0.4) is 0 Å². The number of aliphatic hydroxyl groups excluding tert-OH is 1. The highest BCUT2D eigenvalue weighted by Gasteiger charge is 2.61. The van der Waals surface area contributed by atoms with E-state index in [-0.39, 0.29) is 11.5 Å². The summed E-state index contributed by atoms with van der Waals surface area (Å²) in [6.45, 7) is 4.88. The second kappa shape index (κ2) is 3.29. The molecule has 4 aliphatic rings. The van der Waals surface area contributed by atoms with Gasteiger partial charge in [-0.1, -0.05) is 13.8 Å². The van der Waals surface area contributed by atoms with E-state index in [1.165, 1.54) is 38.5 Å². The van der Waals surface area contributed by atoms with Crippen LogP contribution >= 0.6 is 0 Å². The van der Waals surface area contributed by atoms with Gasteiger partial charge in [0.05, 0.1) is 6.10 Å². The molecule has 0 aliphatic heterocycles. The molecule has 0 heterocycles. The van der Waals surface area contributed by atoms with Gasteiger partial charge in [0.2, 0.25) is 0 Å². The summed E-state index contributed by atoms with van der Waals surface area (Å²) in [6.07, 6.45) is 13.4. The van der Waals surface area contributed by atoms with E-state index in [4.69, 9.17) is 6.42 Å². The zero-order valence-electron chi connectivity index (χ0n) is 11.1. The van der Waals surface area contributed by atoms with Crippen molar-refractivity contribution in [2.24, 2.45) is 22.2 Å². The van der Waals surface area contributed by atoms with Crippen molar-refractivity contribution in [2.45, 2.75) is 64.9 Å². The Morgan fingerprint density at radius 2 is 1.76 bits per heavy atom. The highest BCUT2D eigenvalue weighted by molar-refractivity contribution is 5.13. The summed E-state index contributed by atoms with van der Waals surface area (Å²) in [4.78, 5) is 0. The predicted octanol–water partition coefficient (Wildman–Crippen LogP) is 3.37. The quantitative estimate of drug-likeness (QED) is 0.724. The molecule has 0 saturated heterocycles. The third-order valence-electron chi connectivity index (χ3n) is 5.69. The Morgan fingerprint density at radius 3 is 2.24 bits per heavy atom. The summed E-state index contributed by atoms with van der Waals surface area (Å²) >= 11 is 0. The van der Waals surface area contributed by atoms with Crippen LogP contribution in [0.15, 0.2) is 0 Å². The first-order valence-corrected chi connectivity index (χ1v) is 7.00. The summed E-state index contributed by atoms with van der Waals surface area (Å²) in [5.74, 6) is 3.51. The zero-order valence-corrected chi connectivity index (χ0v) is 11.1. The molecule has 4 bridgehead atoms. The molecular weight excluding hydrogens is 208 g/mol. The smallest absolute Gasteiger partial charge is 0.0705 e. The number of aliphatic hydroxyl groups is 1. The van der Waals surface area contributed by atoms with E-state index in [0.29, 0.717) is 17.3 Å². The van der Waals surface area contributed by atoms with E-state index in [9.17, 15) is 5.11 Å². The number of rotatable bonds is 2. The minimum absolute atomic E-state index is 0.148. The monoisotopic (exact) mass is 232 g/mol. The molecule has 1 heteroatoms. The van der Waals surface area contributed by atoms with Gasteiger partial charge in [-0.25, -0.2) is 0 Å². The van der Waals surface area contributed by atoms with Crippen LogP contribution in [-0.2, 0) is 0 Å². The fourth-order valence-electron chi connectivity index (χ4n) is 6.24. The first-order chi connectivity index (χ1) is 7.89. The van der Waals surface area contributed by atoms with Crippen LogP contribution in [0, 0.1) is 34.5 Å². The highest BCUT2D eigenvalue weighted by Crippen LogP contribution is 2.70. The predicted molar refractivity (Wildman–Crippen MR) is 69.3 cm³/mol. The third-order valence-corrected chi connectivity index (χ3v) is 5.69. The third kappa shape index (κ3) is 1.65. The molecule has 0 amide bonds. The van der Waals surface area contributed by atoms with Crippen LogP contribution in [-0.4, -0.2) is 11.2 Å². The SMILES string of the molecule is C#CCC(O)C12CC3CC(C)(CC(C)(C3)C1)C2. The van der Waals surface area contributed by atoms with Gasteiger partial charge < -0.3 is 5.11 Å². The van der Waals surface area contributed by atoms with Crippen molar-refractivity contribution < 1.29 is 5.11 Å². The maximum absolute atomic E-state index is 10.5. The number of terminal acetylenes is 1. The summed E-state index contributed by atoms with van der Waals surface area (Å²) in [5, 5.41) is 10.5. The molecule has 0 aromatic carbocycles. The number of hydrogen-bond acceptors (Lipinski definition) is 1. The van der Waals surface area contributed by atoms with Gasteiger partial charge in [-0.05, 0) is 60.7 Å². The number of hydrogen-bond donors (Lipinski definition) is 1. The van der Waals surface area contributed by atoms with Gasteiger partial charge in [-0.2, -0.15) is 0 Å². The first-order valence-electron chi connectivity index (χ1n) is 7.00. The lowest BCUT2D eigenvalue weighted by Crippen LogP contribution is -2.58. The molecule has 4 saturated carbocycles. The van der Waals surface area contributed by atoms with Gasteiger partial charge >= 0.3 is 0 Å². The lowest BCUT2D eigenvalue weighted by atomic mass is 9.39. The topological polar surface area (TPSA) is 20.2 Å². The molecule has 94 valence electrons. The molecule has 17 heavy (non-hydrogen) atoms. The van der Waals surface area contributed by atoms with Crippen LogP contribution in [0.5, 0.6) is 0 Å². The summed E-state index contributed by atoms with van der Waals surface area (Å²) < 4.78 is 0. The largest absolute Gasteiger partial charge is 0.392 e. The van der Waals surface area contributed by atoms with Crippen LogP contribution in [0.4, 0.5) is 0 Å². The van der Waals surface area contributed by atoms with Crippen molar-refractivity contribution in [3.8, 4) is 12.3 Å². The molecule has 3 unspecified atom stereocenters. The van der Waals surface area contributed by atoms with E-state index in [0.717, 1.165) is 5.92 Å². The van der Waals surface area contributed by atoms with Gasteiger partial charge in [0.15, 0.2) is 0 Å². The van der Waals surface area contributed by atoms with Crippen molar-refractivity contribution in [2.75, 3.05) is 0 Å². The van der Waals surface area contributed by atoms with Crippen LogP contribution in [0.25, 0.3) is 0 Å². The minimum Gasteiger partial charge on any atom is -0.392 e. The summed E-state index contributed by atoms with van der Waals surface area (Å²) in [7, 11) is 0. The molecule has 0 radical (unpaired) electrons. The van der Waals surface area contributed by atoms with E-state index >= 15 is 0 Å². The van der Waals surface area contributed by atoms with Crippen molar-refractivity contribution in [3.63, 3.8) is 0 Å². The summed E-state index contributed by atoms with van der Waals surface area (Å²) in [5.41, 5.74) is 1.10. The lowest BCUT2D eigenvalue weighted by Gasteiger charge is -2.66.